The molecule has 0 saturated carbocycles. The van der Waals surface area contributed by atoms with E-state index in [4.69, 9.17) is 16.3 Å². The van der Waals surface area contributed by atoms with Gasteiger partial charge in [0.2, 0.25) is 0 Å². The quantitative estimate of drug-likeness (QED) is 0.581. The third-order valence-corrected chi connectivity index (χ3v) is 2.79. The fourth-order valence-electron chi connectivity index (χ4n) is 1.84. The molecule has 0 fully saturated rings. The topological polar surface area (TPSA) is 39.9 Å². The summed E-state index contributed by atoms with van der Waals surface area (Å²) in [5.41, 5.74) is 1.50. The summed E-state index contributed by atoms with van der Waals surface area (Å²) < 4.78 is 30.7. The van der Waals surface area contributed by atoms with Crippen LogP contribution in [0.5, 0.6) is 0 Å². The molecular formula is C12H14ClF2N3O. The van der Waals surface area contributed by atoms with E-state index in [9.17, 15) is 8.78 Å². The highest BCUT2D eigenvalue weighted by atomic mass is 35.5. The Balaban J connectivity index is 2.12. The number of aromatic nitrogens is 3. The van der Waals surface area contributed by atoms with Crippen molar-refractivity contribution in [3.8, 4) is 0 Å². The zero-order valence-corrected chi connectivity index (χ0v) is 11.0. The number of fused-ring (bicyclic) bond motifs is 1. The molecule has 0 amide bonds. The van der Waals surface area contributed by atoms with Crippen LogP contribution < -0.4 is 0 Å². The van der Waals surface area contributed by atoms with Gasteiger partial charge in [-0.25, -0.2) is 18.7 Å². The summed E-state index contributed by atoms with van der Waals surface area (Å²) in [6.45, 7) is 0.0824. The molecule has 7 heteroatoms. The van der Waals surface area contributed by atoms with Crippen molar-refractivity contribution in [2.24, 2.45) is 0 Å². The summed E-state index contributed by atoms with van der Waals surface area (Å²) in [5, 5.41) is 0. The van der Waals surface area contributed by atoms with Crippen LogP contribution >= 0.6 is 11.6 Å². The average Bonchev–Trinajstić information content (AvgIpc) is 2.73. The monoisotopic (exact) mass is 289 g/mol. The SMILES string of the molecule is FC(F)COCCn1c(CCCl)nc2cccnc21. The number of pyridine rings is 1. The molecule has 0 unspecified atom stereocenters. The van der Waals surface area contributed by atoms with Crippen molar-refractivity contribution in [3.63, 3.8) is 0 Å². The summed E-state index contributed by atoms with van der Waals surface area (Å²) in [6.07, 6.45) is -0.169. The van der Waals surface area contributed by atoms with Crippen LogP contribution in [-0.4, -0.2) is 40.1 Å². The maximum Gasteiger partial charge on any atom is 0.261 e. The molecule has 0 aromatic carbocycles. The van der Waals surface area contributed by atoms with E-state index in [1.165, 1.54) is 0 Å². The molecule has 2 aromatic heterocycles. The van der Waals surface area contributed by atoms with Crippen molar-refractivity contribution >= 4 is 22.8 Å². The van der Waals surface area contributed by atoms with E-state index in [0.717, 1.165) is 17.0 Å². The molecule has 2 heterocycles. The molecule has 0 N–H and O–H groups in total. The number of alkyl halides is 3. The standard InChI is InChI=1S/C12H14ClF2N3O/c13-4-3-11-17-9-2-1-5-16-12(9)18(11)6-7-19-8-10(14)15/h1-2,5,10H,3-4,6-8H2. The minimum Gasteiger partial charge on any atom is -0.374 e. The van der Waals surface area contributed by atoms with Crippen molar-refractivity contribution in [3.05, 3.63) is 24.2 Å². The van der Waals surface area contributed by atoms with Gasteiger partial charge in [-0.1, -0.05) is 0 Å². The number of hydrogen-bond acceptors (Lipinski definition) is 3. The van der Waals surface area contributed by atoms with Gasteiger partial charge in [-0.2, -0.15) is 0 Å². The van der Waals surface area contributed by atoms with E-state index >= 15 is 0 Å². The molecule has 2 rings (SSSR count). The maximum atomic E-state index is 12.0. The first kappa shape index (κ1) is 14.1. The Kier molecular flexibility index (Phi) is 5.04. The number of aryl methyl sites for hydroxylation is 1. The highest BCUT2D eigenvalue weighted by Crippen LogP contribution is 2.14. The molecule has 4 nitrogen and oxygen atoms in total. The Morgan fingerprint density at radius 2 is 2.26 bits per heavy atom. The molecular weight excluding hydrogens is 276 g/mol. The van der Waals surface area contributed by atoms with Crippen molar-refractivity contribution in [2.75, 3.05) is 19.1 Å². The number of imidazole rings is 1. The van der Waals surface area contributed by atoms with Gasteiger partial charge in [0.15, 0.2) is 5.65 Å². The van der Waals surface area contributed by atoms with Crippen molar-refractivity contribution in [1.29, 1.82) is 0 Å². The lowest BCUT2D eigenvalue weighted by molar-refractivity contribution is 0.0148. The second kappa shape index (κ2) is 6.77. The molecule has 0 saturated heterocycles. The highest BCUT2D eigenvalue weighted by Gasteiger charge is 2.11. The third-order valence-electron chi connectivity index (χ3n) is 2.60. The summed E-state index contributed by atoms with van der Waals surface area (Å²) in [5.74, 6) is 1.24. The Morgan fingerprint density at radius 3 is 3.00 bits per heavy atom. The molecule has 0 aliphatic carbocycles. The van der Waals surface area contributed by atoms with Gasteiger partial charge >= 0.3 is 0 Å². The molecule has 0 aliphatic rings. The minimum absolute atomic E-state index is 0.196. The molecule has 0 aliphatic heterocycles. The summed E-state index contributed by atoms with van der Waals surface area (Å²) in [7, 11) is 0. The van der Waals surface area contributed by atoms with Crippen molar-refractivity contribution in [2.45, 2.75) is 19.4 Å². The minimum atomic E-state index is -2.44. The number of ether oxygens (including phenoxy) is 1. The lowest BCUT2D eigenvalue weighted by atomic mass is 10.4. The van der Waals surface area contributed by atoms with Gasteiger partial charge in [0.05, 0.1) is 6.61 Å². The molecule has 2 aromatic rings. The lowest BCUT2D eigenvalue weighted by Gasteiger charge is -2.08. The van der Waals surface area contributed by atoms with Crippen LogP contribution in [0.15, 0.2) is 18.3 Å². The lowest BCUT2D eigenvalue weighted by Crippen LogP contribution is -2.13. The smallest absolute Gasteiger partial charge is 0.261 e. The average molecular weight is 290 g/mol. The normalized spacial score (nSPS) is 11.6. The van der Waals surface area contributed by atoms with Crippen molar-refractivity contribution < 1.29 is 13.5 Å². The van der Waals surface area contributed by atoms with E-state index in [-0.39, 0.29) is 6.61 Å². The zero-order chi connectivity index (χ0) is 13.7. The fraction of sp³-hybridized carbons (Fsp3) is 0.500. The zero-order valence-electron chi connectivity index (χ0n) is 10.2. The van der Waals surface area contributed by atoms with Gasteiger partial charge in [-0.15, -0.1) is 11.6 Å². The second-order valence-electron chi connectivity index (χ2n) is 3.93. The van der Waals surface area contributed by atoms with Crippen LogP contribution in [0.3, 0.4) is 0 Å². The van der Waals surface area contributed by atoms with E-state index in [1.807, 2.05) is 10.6 Å². The predicted molar refractivity (Wildman–Crippen MR) is 68.8 cm³/mol. The van der Waals surface area contributed by atoms with Gasteiger partial charge in [0.25, 0.3) is 6.43 Å². The number of hydrogen-bond donors (Lipinski definition) is 0. The first-order valence-corrected chi connectivity index (χ1v) is 6.48. The second-order valence-corrected chi connectivity index (χ2v) is 4.31. The summed E-state index contributed by atoms with van der Waals surface area (Å²) in [6, 6.07) is 3.66. The van der Waals surface area contributed by atoms with E-state index in [1.54, 1.807) is 12.3 Å². The van der Waals surface area contributed by atoms with Crippen LogP contribution in [0.25, 0.3) is 11.2 Å². The molecule has 104 valence electrons. The van der Waals surface area contributed by atoms with Crippen LogP contribution in [0, 0.1) is 0 Å². The van der Waals surface area contributed by atoms with Gasteiger partial charge in [-0.3, -0.25) is 0 Å². The van der Waals surface area contributed by atoms with Crippen molar-refractivity contribution in [1.82, 2.24) is 14.5 Å². The van der Waals surface area contributed by atoms with Crippen LogP contribution in [0.4, 0.5) is 8.78 Å². The highest BCUT2D eigenvalue weighted by molar-refractivity contribution is 6.17. The van der Waals surface area contributed by atoms with Gasteiger partial charge in [0.1, 0.15) is 17.9 Å². The van der Waals surface area contributed by atoms with Gasteiger partial charge < -0.3 is 9.30 Å². The van der Waals surface area contributed by atoms with E-state index in [0.29, 0.717) is 18.8 Å². The van der Waals surface area contributed by atoms with Crippen LogP contribution in [0.2, 0.25) is 0 Å². The first-order chi connectivity index (χ1) is 9.22. The number of rotatable bonds is 7. The summed E-state index contributed by atoms with van der Waals surface area (Å²) >= 11 is 5.73. The Hall–Kier alpha value is -1.27. The molecule has 0 atom stereocenters. The Morgan fingerprint density at radius 1 is 1.42 bits per heavy atom. The fourth-order valence-corrected chi connectivity index (χ4v) is 2.01. The molecule has 0 spiro atoms. The third kappa shape index (κ3) is 3.61. The number of halogens is 3. The first-order valence-electron chi connectivity index (χ1n) is 5.94. The van der Waals surface area contributed by atoms with Gasteiger partial charge in [0, 0.05) is 25.0 Å². The summed E-state index contributed by atoms with van der Waals surface area (Å²) in [4.78, 5) is 8.68. The predicted octanol–water partition coefficient (Wildman–Crippen LogP) is 2.49. The maximum absolute atomic E-state index is 12.0. The van der Waals surface area contributed by atoms with Gasteiger partial charge in [-0.05, 0) is 12.1 Å². The largest absolute Gasteiger partial charge is 0.374 e. The van der Waals surface area contributed by atoms with Crippen LogP contribution in [0.1, 0.15) is 5.82 Å². The molecule has 19 heavy (non-hydrogen) atoms. The molecule has 0 radical (unpaired) electrons. The van der Waals surface area contributed by atoms with E-state index < -0.39 is 13.0 Å². The Labute approximate surface area is 114 Å². The molecule has 0 bridgehead atoms. The Bertz CT molecular complexity index is 533. The number of nitrogens with zero attached hydrogens (tertiary/aromatic N) is 3. The van der Waals surface area contributed by atoms with Crippen LogP contribution in [-0.2, 0) is 17.7 Å². The van der Waals surface area contributed by atoms with E-state index in [2.05, 4.69) is 9.97 Å².